The Hall–Kier alpha value is -2.44. The van der Waals surface area contributed by atoms with Crippen molar-refractivity contribution in [2.24, 2.45) is 0 Å². The summed E-state index contributed by atoms with van der Waals surface area (Å²) in [5.74, 6) is 0.450. The van der Waals surface area contributed by atoms with Gasteiger partial charge in [0, 0.05) is 24.3 Å². The molecule has 1 heterocycles. The van der Waals surface area contributed by atoms with Gasteiger partial charge in [0.05, 0.1) is 12.2 Å². The van der Waals surface area contributed by atoms with Crippen molar-refractivity contribution in [3.8, 4) is 5.75 Å². The van der Waals surface area contributed by atoms with Gasteiger partial charge < -0.3 is 19.7 Å². The minimum atomic E-state index is -0.186. The molecular weight excluding hydrogens is 384 g/mol. The Bertz CT molecular complexity index is 872. The number of aryl methyl sites for hydroxylation is 2. The maximum Gasteiger partial charge on any atom is 0.262 e. The van der Waals surface area contributed by atoms with Gasteiger partial charge in [-0.05, 0) is 69.2 Å². The second-order valence-electron chi connectivity index (χ2n) is 7.65. The van der Waals surface area contributed by atoms with E-state index in [0.29, 0.717) is 5.75 Å². The zero-order valence-electron chi connectivity index (χ0n) is 17.4. The zero-order valence-corrected chi connectivity index (χ0v) is 18.2. The monoisotopic (exact) mass is 412 g/mol. The quantitative estimate of drug-likeness (QED) is 0.749. The van der Waals surface area contributed by atoms with Crippen LogP contribution in [0.4, 0.5) is 5.69 Å². The molecule has 2 aromatic carbocycles. The van der Waals surface area contributed by atoms with Crippen LogP contribution in [0.15, 0.2) is 42.5 Å². The molecule has 3 rings (SSSR count). The molecular formula is C23H28N2O3S. The average molecular weight is 413 g/mol. The number of rotatable bonds is 5. The molecule has 6 heteroatoms. The van der Waals surface area contributed by atoms with Crippen LogP contribution in [-0.2, 0) is 9.53 Å². The van der Waals surface area contributed by atoms with Crippen LogP contribution in [-0.4, -0.2) is 47.7 Å². The van der Waals surface area contributed by atoms with Crippen LogP contribution in [0, 0.1) is 13.8 Å². The molecule has 1 fully saturated rings. The topological polar surface area (TPSA) is 50.8 Å². The maximum absolute atomic E-state index is 12.2. The lowest BCUT2D eigenvalue weighted by molar-refractivity contribution is -0.118. The molecule has 0 bridgehead atoms. The van der Waals surface area contributed by atoms with E-state index >= 15 is 0 Å². The predicted octanol–water partition coefficient (Wildman–Crippen LogP) is 4.11. The standard InChI is InChI=1S/C23H28N2O3S/c1-15-5-6-16(2)21(11-15)24-22(26)14-27-20-9-7-19(8-10-20)23(29)25-12-17(3)28-18(4)13-25/h5-11,17-18H,12-14H2,1-4H3,(H,24,26)/t17-,18-/m0/s1. The van der Waals surface area contributed by atoms with E-state index in [9.17, 15) is 4.79 Å². The molecule has 5 nitrogen and oxygen atoms in total. The van der Waals surface area contributed by atoms with Crippen molar-refractivity contribution in [3.63, 3.8) is 0 Å². The summed E-state index contributed by atoms with van der Waals surface area (Å²) >= 11 is 5.66. The Morgan fingerprint density at radius 1 is 1.14 bits per heavy atom. The van der Waals surface area contributed by atoms with Crippen molar-refractivity contribution < 1.29 is 14.3 Å². The van der Waals surface area contributed by atoms with E-state index in [2.05, 4.69) is 24.1 Å². The molecule has 0 aromatic heterocycles. The number of amides is 1. The molecule has 29 heavy (non-hydrogen) atoms. The van der Waals surface area contributed by atoms with E-state index in [1.54, 1.807) is 0 Å². The SMILES string of the molecule is Cc1ccc(C)c(NC(=O)COc2ccc(C(=S)N3C[C@H](C)O[C@@H](C)C3)cc2)c1. The molecule has 2 atom stereocenters. The normalized spacial score (nSPS) is 19.0. The first-order valence-electron chi connectivity index (χ1n) is 9.86. The van der Waals surface area contributed by atoms with Gasteiger partial charge in [0.1, 0.15) is 10.7 Å². The number of thiocarbonyl (C=S) groups is 1. The third kappa shape index (κ3) is 5.78. The number of nitrogens with zero attached hydrogens (tertiary/aromatic N) is 1. The number of carbonyl (C=O) groups excluding carboxylic acids is 1. The summed E-state index contributed by atoms with van der Waals surface area (Å²) in [4.78, 5) is 15.2. The average Bonchev–Trinajstić information content (AvgIpc) is 2.68. The molecule has 0 saturated carbocycles. The van der Waals surface area contributed by atoms with Crippen LogP contribution < -0.4 is 10.1 Å². The van der Waals surface area contributed by atoms with Gasteiger partial charge in [0.15, 0.2) is 6.61 Å². The Labute approximate surface area is 178 Å². The molecule has 0 aliphatic carbocycles. The number of benzene rings is 2. The van der Waals surface area contributed by atoms with Gasteiger partial charge in [0.25, 0.3) is 5.91 Å². The van der Waals surface area contributed by atoms with Gasteiger partial charge in [-0.2, -0.15) is 0 Å². The first-order valence-corrected chi connectivity index (χ1v) is 10.3. The molecule has 0 unspecified atom stereocenters. The Morgan fingerprint density at radius 2 is 1.79 bits per heavy atom. The fourth-order valence-corrected chi connectivity index (χ4v) is 3.71. The van der Waals surface area contributed by atoms with Gasteiger partial charge in [-0.25, -0.2) is 0 Å². The molecule has 1 amide bonds. The summed E-state index contributed by atoms with van der Waals surface area (Å²) in [6.07, 6.45) is 0.324. The summed E-state index contributed by atoms with van der Waals surface area (Å²) in [6, 6.07) is 13.5. The molecule has 0 radical (unpaired) electrons. The van der Waals surface area contributed by atoms with Gasteiger partial charge in [-0.15, -0.1) is 0 Å². The van der Waals surface area contributed by atoms with E-state index in [1.807, 2.05) is 56.3 Å². The minimum absolute atomic E-state index is 0.0460. The summed E-state index contributed by atoms with van der Waals surface area (Å²) in [7, 11) is 0. The van der Waals surface area contributed by atoms with E-state index in [0.717, 1.165) is 40.5 Å². The van der Waals surface area contributed by atoms with E-state index in [4.69, 9.17) is 21.7 Å². The van der Waals surface area contributed by atoms with Crippen LogP contribution in [0.1, 0.15) is 30.5 Å². The number of carbonyl (C=O) groups is 1. The highest BCUT2D eigenvalue weighted by Crippen LogP contribution is 2.19. The Morgan fingerprint density at radius 3 is 2.45 bits per heavy atom. The smallest absolute Gasteiger partial charge is 0.262 e. The lowest BCUT2D eigenvalue weighted by Gasteiger charge is -2.37. The number of hydrogen-bond acceptors (Lipinski definition) is 4. The summed E-state index contributed by atoms with van der Waals surface area (Å²) < 4.78 is 11.4. The second-order valence-corrected chi connectivity index (χ2v) is 8.03. The highest BCUT2D eigenvalue weighted by atomic mass is 32.1. The van der Waals surface area contributed by atoms with Crippen LogP contribution in [0.2, 0.25) is 0 Å². The number of ether oxygens (including phenoxy) is 2. The molecule has 1 N–H and O–H groups in total. The maximum atomic E-state index is 12.2. The van der Waals surface area contributed by atoms with Gasteiger partial charge >= 0.3 is 0 Å². The largest absolute Gasteiger partial charge is 0.484 e. The van der Waals surface area contributed by atoms with Crippen molar-refractivity contribution >= 4 is 28.8 Å². The van der Waals surface area contributed by atoms with Crippen molar-refractivity contribution in [3.05, 3.63) is 59.2 Å². The number of hydrogen-bond donors (Lipinski definition) is 1. The third-order valence-electron chi connectivity index (χ3n) is 4.85. The molecule has 1 aliphatic heterocycles. The fraction of sp³-hybridized carbons (Fsp3) is 0.391. The number of anilines is 1. The third-order valence-corrected chi connectivity index (χ3v) is 5.34. The van der Waals surface area contributed by atoms with E-state index in [1.165, 1.54) is 0 Å². The highest BCUT2D eigenvalue weighted by molar-refractivity contribution is 7.80. The first-order chi connectivity index (χ1) is 13.8. The molecule has 1 aliphatic rings. The minimum Gasteiger partial charge on any atom is -0.484 e. The lowest BCUT2D eigenvalue weighted by Crippen LogP contribution is -2.47. The summed E-state index contributed by atoms with van der Waals surface area (Å²) in [5, 5.41) is 2.90. The zero-order chi connectivity index (χ0) is 21.0. The van der Waals surface area contributed by atoms with Crippen molar-refractivity contribution in [1.29, 1.82) is 0 Å². The Kier molecular flexibility index (Phi) is 6.87. The predicted molar refractivity (Wildman–Crippen MR) is 120 cm³/mol. The van der Waals surface area contributed by atoms with Crippen LogP contribution >= 0.6 is 12.2 Å². The molecule has 154 valence electrons. The molecule has 0 spiro atoms. The van der Waals surface area contributed by atoms with Crippen LogP contribution in [0.25, 0.3) is 0 Å². The highest BCUT2D eigenvalue weighted by Gasteiger charge is 2.24. The fourth-order valence-electron chi connectivity index (χ4n) is 3.43. The van der Waals surface area contributed by atoms with Crippen molar-refractivity contribution in [2.75, 3.05) is 25.0 Å². The summed E-state index contributed by atoms with van der Waals surface area (Å²) in [5.41, 5.74) is 3.90. The van der Waals surface area contributed by atoms with Crippen molar-refractivity contribution in [2.45, 2.75) is 39.9 Å². The van der Waals surface area contributed by atoms with Crippen LogP contribution in [0.3, 0.4) is 0 Å². The molecule has 2 aromatic rings. The second kappa shape index (κ2) is 9.37. The number of nitrogens with one attached hydrogen (secondary N) is 1. The van der Waals surface area contributed by atoms with Crippen molar-refractivity contribution in [1.82, 2.24) is 4.90 Å². The van der Waals surface area contributed by atoms with Gasteiger partial charge in [-0.3, -0.25) is 4.79 Å². The van der Waals surface area contributed by atoms with Crippen LogP contribution in [0.5, 0.6) is 5.75 Å². The lowest BCUT2D eigenvalue weighted by atomic mass is 10.1. The summed E-state index contributed by atoms with van der Waals surface area (Å²) in [6.45, 7) is 9.62. The van der Waals surface area contributed by atoms with Gasteiger partial charge in [0.2, 0.25) is 0 Å². The van der Waals surface area contributed by atoms with Gasteiger partial charge in [-0.1, -0.05) is 24.4 Å². The first kappa shape index (κ1) is 21.3. The van der Waals surface area contributed by atoms with E-state index < -0.39 is 0 Å². The number of morpholine rings is 1. The molecule has 1 saturated heterocycles. The van der Waals surface area contributed by atoms with E-state index in [-0.39, 0.29) is 24.7 Å². The Balaban J connectivity index is 1.54.